The molecule has 9 heteroatoms. The highest BCUT2D eigenvalue weighted by molar-refractivity contribution is 5.81. The first kappa shape index (κ1) is 19.0. The maximum atomic E-state index is 6.27. The van der Waals surface area contributed by atoms with Crippen molar-refractivity contribution in [1.82, 2.24) is 19.5 Å². The zero-order valence-electron chi connectivity index (χ0n) is 15.8. The highest BCUT2D eigenvalue weighted by Crippen LogP contribution is 2.36. The molecule has 1 saturated heterocycles. The molecule has 0 amide bonds. The standard InChI is InChI=1S/C17H27N5O4/c1-9(2)24-6-11-13(25-10(3)4)14(23-5)17(26-11)22-8-21-12-15(18)19-7-20-16(12)22/h7-11,13-14,17H,6H2,1-5H3,(H2,18,19,20). The van der Waals surface area contributed by atoms with Crippen molar-refractivity contribution in [2.45, 2.75) is 64.4 Å². The largest absolute Gasteiger partial charge is 0.382 e. The number of aromatic nitrogens is 4. The molecule has 0 saturated carbocycles. The second-order valence-corrected chi connectivity index (χ2v) is 6.88. The SMILES string of the molecule is COC1C(OC(C)C)C(COC(C)C)OC1n1cnc2c(N)ncnc21. The molecule has 0 bridgehead atoms. The fraction of sp³-hybridized carbons (Fsp3) is 0.706. The minimum atomic E-state index is -0.455. The second-order valence-electron chi connectivity index (χ2n) is 6.88. The van der Waals surface area contributed by atoms with Gasteiger partial charge < -0.3 is 24.7 Å². The number of anilines is 1. The van der Waals surface area contributed by atoms with Crippen LogP contribution in [0.2, 0.25) is 0 Å². The molecule has 4 atom stereocenters. The van der Waals surface area contributed by atoms with Gasteiger partial charge in [0.2, 0.25) is 0 Å². The Kier molecular flexibility index (Phi) is 5.71. The van der Waals surface area contributed by atoms with Crippen LogP contribution in [0.1, 0.15) is 33.9 Å². The van der Waals surface area contributed by atoms with Crippen molar-refractivity contribution < 1.29 is 18.9 Å². The summed E-state index contributed by atoms with van der Waals surface area (Å²) in [5.41, 5.74) is 7.03. The molecule has 0 radical (unpaired) electrons. The van der Waals surface area contributed by atoms with Gasteiger partial charge in [-0.05, 0) is 27.7 Å². The molecule has 3 rings (SSSR count). The van der Waals surface area contributed by atoms with Crippen LogP contribution in [-0.2, 0) is 18.9 Å². The van der Waals surface area contributed by atoms with Crippen LogP contribution >= 0.6 is 0 Å². The molecular formula is C17H27N5O4. The Hall–Kier alpha value is -1.81. The van der Waals surface area contributed by atoms with Gasteiger partial charge in [-0.1, -0.05) is 0 Å². The molecule has 26 heavy (non-hydrogen) atoms. The van der Waals surface area contributed by atoms with Crippen molar-refractivity contribution in [3.63, 3.8) is 0 Å². The second kappa shape index (κ2) is 7.83. The quantitative estimate of drug-likeness (QED) is 0.787. The minimum absolute atomic E-state index is 0.0269. The van der Waals surface area contributed by atoms with E-state index in [2.05, 4.69) is 15.0 Å². The molecule has 2 N–H and O–H groups in total. The van der Waals surface area contributed by atoms with Gasteiger partial charge in [0.1, 0.15) is 30.2 Å². The Morgan fingerprint density at radius 3 is 2.58 bits per heavy atom. The number of nitrogens with zero attached hydrogens (tertiary/aromatic N) is 4. The van der Waals surface area contributed by atoms with Crippen molar-refractivity contribution in [3.05, 3.63) is 12.7 Å². The lowest BCUT2D eigenvalue weighted by Gasteiger charge is -2.25. The Balaban J connectivity index is 1.93. The molecular weight excluding hydrogens is 338 g/mol. The van der Waals surface area contributed by atoms with Gasteiger partial charge in [0.05, 0.1) is 25.1 Å². The Morgan fingerprint density at radius 1 is 1.15 bits per heavy atom. The van der Waals surface area contributed by atoms with E-state index < -0.39 is 6.23 Å². The Bertz CT molecular complexity index is 735. The number of nitrogens with two attached hydrogens (primary N) is 1. The van der Waals surface area contributed by atoms with Crippen molar-refractivity contribution in [2.24, 2.45) is 0 Å². The fourth-order valence-electron chi connectivity index (χ4n) is 3.14. The molecule has 2 aromatic rings. The van der Waals surface area contributed by atoms with Gasteiger partial charge in [-0.15, -0.1) is 0 Å². The Morgan fingerprint density at radius 2 is 1.92 bits per heavy atom. The summed E-state index contributed by atoms with van der Waals surface area (Å²) in [6.07, 6.45) is 1.83. The number of methoxy groups -OCH3 is 1. The van der Waals surface area contributed by atoms with E-state index >= 15 is 0 Å². The molecule has 2 aromatic heterocycles. The molecule has 1 fully saturated rings. The number of rotatable bonds is 7. The van der Waals surface area contributed by atoms with Crippen LogP contribution in [0.3, 0.4) is 0 Å². The van der Waals surface area contributed by atoms with Gasteiger partial charge in [-0.25, -0.2) is 15.0 Å². The van der Waals surface area contributed by atoms with Gasteiger partial charge in [0.15, 0.2) is 17.7 Å². The van der Waals surface area contributed by atoms with Crippen molar-refractivity contribution >= 4 is 17.0 Å². The molecule has 1 aliphatic heterocycles. The van der Waals surface area contributed by atoms with Crippen LogP contribution in [0, 0.1) is 0 Å². The third-order valence-corrected chi connectivity index (χ3v) is 4.24. The number of imidazole rings is 1. The van der Waals surface area contributed by atoms with Crippen LogP contribution in [0.15, 0.2) is 12.7 Å². The van der Waals surface area contributed by atoms with E-state index in [0.29, 0.717) is 23.6 Å². The van der Waals surface area contributed by atoms with Gasteiger partial charge in [0, 0.05) is 7.11 Å². The topological polar surface area (TPSA) is 107 Å². The van der Waals surface area contributed by atoms with Gasteiger partial charge in [-0.2, -0.15) is 0 Å². The number of fused-ring (bicyclic) bond motifs is 1. The molecule has 0 aromatic carbocycles. The zero-order chi connectivity index (χ0) is 18.8. The molecule has 0 spiro atoms. The van der Waals surface area contributed by atoms with E-state index in [9.17, 15) is 0 Å². The summed E-state index contributed by atoms with van der Waals surface area (Å²) in [4.78, 5) is 12.6. The normalized spacial score (nSPS) is 26.4. The molecule has 3 heterocycles. The summed E-state index contributed by atoms with van der Waals surface area (Å²) in [7, 11) is 1.64. The smallest absolute Gasteiger partial charge is 0.167 e. The number of hydrogen-bond donors (Lipinski definition) is 1. The summed E-state index contributed by atoms with van der Waals surface area (Å²) < 4.78 is 25.7. The monoisotopic (exact) mass is 365 g/mol. The van der Waals surface area contributed by atoms with E-state index in [1.165, 1.54) is 6.33 Å². The van der Waals surface area contributed by atoms with Crippen LogP contribution in [0.25, 0.3) is 11.2 Å². The fourth-order valence-corrected chi connectivity index (χ4v) is 3.14. The average molecular weight is 365 g/mol. The highest BCUT2D eigenvalue weighted by atomic mass is 16.6. The molecule has 144 valence electrons. The lowest BCUT2D eigenvalue weighted by Crippen LogP contribution is -2.39. The third-order valence-electron chi connectivity index (χ3n) is 4.24. The molecule has 9 nitrogen and oxygen atoms in total. The summed E-state index contributed by atoms with van der Waals surface area (Å²) in [6.45, 7) is 8.36. The number of ether oxygens (including phenoxy) is 4. The summed E-state index contributed by atoms with van der Waals surface area (Å²) >= 11 is 0. The number of hydrogen-bond acceptors (Lipinski definition) is 8. The zero-order valence-corrected chi connectivity index (χ0v) is 15.8. The highest BCUT2D eigenvalue weighted by Gasteiger charge is 2.47. The van der Waals surface area contributed by atoms with Gasteiger partial charge >= 0.3 is 0 Å². The van der Waals surface area contributed by atoms with Crippen LogP contribution in [-0.4, -0.2) is 63.8 Å². The molecule has 1 aliphatic rings. The summed E-state index contributed by atoms with van der Waals surface area (Å²) in [5, 5.41) is 0. The maximum Gasteiger partial charge on any atom is 0.167 e. The van der Waals surface area contributed by atoms with Gasteiger partial charge in [0.25, 0.3) is 0 Å². The van der Waals surface area contributed by atoms with Crippen LogP contribution in [0.5, 0.6) is 0 Å². The number of nitrogen functional groups attached to an aromatic ring is 1. The van der Waals surface area contributed by atoms with Crippen LogP contribution < -0.4 is 5.73 Å². The first-order chi connectivity index (χ1) is 12.4. The van der Waals surface area contributed by atoms with E-state index in [4.69, 9.17) is 24.7 Å². The van der Waals surface area contributed by atoms with Crippen molar-refractivity contribution in [1.29, 1.82) is 0 Å². The maximum absolute atomic E-state index is 6.27. The predicted molar refractivity (Wildman–Crippen MR) is 95.5 cm³/mol. The minimum Gasteiger partial charge on any atom is -0.382 e. The summed E-state index contributed by atoms with van der Waals surface area (Å²) in [5.74, 6) is 0.329. The lowest BCUT2D eigenvalue weighted by atomic mass is 10.1. The van der Waals surface area contributed by atoms with E-state index in [1.807, 2.05) is 32.3 Å². The van der Waals surface area contributed by atoms with E-state index in [-0.39, 0.29) is 30.5 Å². The van der Waals surface area contributed by atoms with Crippen molar-refractivity contribution in [2.75, 3.05) is 19.5 Å². The van der Waals surface area contributed by atoms with Crippen molar-refractivity contribution in [3.8, 4) is 0 Å². The van der Waals surface area contributed by atoms with Gasteiger partial charge in [-0.3, -0.25) is 4.57 Å². The predicted octanol–water partition coefficient (Wildman–Crippen LogP) is 1.54. The van der Waals surface area contributed by atoms with E-state index in [1.54, 1.807) is 13.4 Å². The first-order valence-corrected chi connectivity index (χ1v) is 8.80. The Labute approximate surface area is 152 Å². The molecule has 4 unspecified atom stereocenters. The molecule has 0 aliphatic carbocycles. The van der Waals surface area contributed by atoms with E-state index in [0.717, 1.165) is 0 Å². The third kappa shape index (κ3) is 3.66. The average Bonchev–Trinajstić information content (AvgIpc) is 3.14. The van der Waals surface area contributed by atoms with Crippen LogP contribution in [0.4, 0.5) is 5.82 Å². The summed E-state index contributed by atoms with van der Waals surface area (Å²) in [6, 6.07) is 0. The lowest BCUT2D eigenvalue weighted by molar-refractivity contribution is -0.0991. The first-order valence-electron chi connectivity index (χ1n) is 8.80.